The molecule has 1 aliphatic rings. The Morgan fingerprint density at radius 1 is 1.09 bits per heavy atom. The van der Waals surface area contributed by atoms with E-state index in [2.05, 4.69) is 16.8 Å². The molecule has 1 amide bonds. The molecule has 4 rings (SSSR count). The van der Waals surface area contributed by atoms with Gasteiger partial charge in [-0.1, -0.05) is 18.2 Å². The lowest BCUT2D eigenvalue weighted by atomic mass is 10.1. The van der Waals surface area contributed by atoms with Crippen molar-refractivity contribution in [1.82, 2.24) is 4.90 Å². The number of methoxy groups -OCH3 is 2. The topological polar surface area (TPSA) is 57.2 Å². The van der Waals surface area contributed by atoms with E-state index in [4.69, 9.17) is 18.9 Å². The largest absolute Gasteiger partial charge is 0.496 e. The number of ether oxygens (including phenoxy) is 4. The highest BCUT2D eigenvalue weighted by molar-refractivity contribution is 7.07. The van der Waals surface area contributed by atoms with E-state index in [1.807, 2.05) is 35.2 Å². The average Bonchev–Trinajstić information content (AvgIpc) is 3.57. The van der Waals surface area contributed by atoms with Crippen LogP contribution in [0.4, 0.5) is 0 Å². The second kappa shape index (κ2) is 11.9. The summed E-state index contributed by atoms with van der Waals surface area (Å²) in [5.74, 6) is 1.64. The zero-order chi connectivity index (χ0) is 23.8. The van der Waals surface area contributed by atoms with E-state index in [9.17, 15) is 4.79 Å². The Hall–Kier alpha value is -3.03. The van der Waals surface area contributed by atoms with Crippen LogP contribution in [0, 0.1) is 0 Å². The van der Waals surface area contributed by atoms with Crippen molar-refractivity contribution in [3.05, 3.63) is 76.0 Å². The summed E-state index contributed by atoms with van der Waals surface area (Å²) in [4.78, 5) is 15.6. The van der Waals surface area contributed by atoms with Crippen LogP contribution < -0.4 is 14.2 Å². The van der Waals surface area contributed by atoms with Gasteiger partial charge in [0.15, 0.2) is 0 Å². The quantitative estimate of drug-likeness (QED) is 0.376. The van der Waals surface area contributed by atoms with Gasteiger partial charge in [0, 0.05) is 26.1 Å². The number of thiophene rings is 1. The van der Waals surface area contributed by atoms with Gasteiger partial charge in [-0.3, -0.25) is 4.79 Å². The summed E-state index contributed by atoms with van der Waals surface area (Å²) < 4.78 is 22.8. The van der Waals surface area contributed by atoms with Crippen molar-refractivity contribution >= 4 is 17.2 Å². The molecule has 0 N–H and O–H groups in total. The van der Waals surface area contributed by atoms with Gasteiger partial charge in [-0.2, -0.15) is 11.3 Å². The fourth-order valence-corrected chi connectivity index (χ4v) is 4.85. The third kappa shape index (κ3) is 6.10. The number of amides is 1. The highest BCUT2D eigenvalue weighted by atomic mass is 32.1. The fourth-order valence-electron chi connectivity index (χ4n) is 4.15. The van der Waals surface area contributed by atoms with Crippen LogP contribution in [0.3, 0.4) is 0 Å². The number of hydrogen-bond donors (Lipinski definition) is 0. The second-order valence-electron chi connectivity index (χ2n) is 8.24. The average molecular weight is 482 g/mol. The number of carbonyl (C=O) groups excluding carboxylic acids is 1. The number of hydrogen-bond acceptors (Lipinski definition) is 6. The van der Waals surface area contributed by atoms with E-state index in [0.29, 0.717) is 36.8 Å². The molecule has 0 spiro atoms. The summed E-state index contributed by atoms with van der Waals surface area (Å²) in [5.41, 5.74) is 2.70. The molecule has 1 aliphatic heterocycles. The van der Waals surface area contributed by atoms with Crippen molar-refractivity contribution in [2.24, 2.45) is 0 Å². The van der Waals surface area contributed by atoms with E-state index in [1.54, 1.807) is 37.7 Å². The van der Waals surface area contributed by atoms with E-state index in [0.717, 1.165) is 37.2 Å². The molecule has 3 aromatic rings. The molecule has 0 bridgehead atoms. The van der Waals surface area contributed by atoms with Gasteiger partial charge < -0.3 is 23.8 Å². The molecular formula is C27H31NO5S. The number of carbonyl (C=O) groups is 1. The van der Waals surface area contributed by atoms with Gasteiger partial charge in [0.25, 0.3) is 5.91 Å². The van der Waals surface area contributed by atoms with Crippen molar-refractivity contribution < 1.29 is 23.7 Å². The van der Waals surface area contributed by atoms with E-state index in [-0.39, 0.29) is 12.0 Å². The van der Waals surface area contributed by atoms with E-state index in [1.165, 1.54) is 5.56 Å². The van der Waals surface area contributed by atoms with E-state index < -0.39 is 0 Å². The molecular weight excluding hydrogens is 450 g/mol. The number of nitrogens with zero attached hydrogens (tertiary/aromatic N) is 1. The lowest BCUT2D eigenvalue weighted by Gasteiger charge is -2.27. The Morgan fingerprint density at radius 2 is 1.88 bits per heavy atom. The molecule has 1 aromatic heterocycles. The van der Waals surface area contributed by atoms with Crippen molar-refractivity contribution in [3.63, 3.8) is 0 Å². The van der Waals surface area contributed by atoms with Gasteiger partial charge in [-0.05, 0) is 65.1 Å². The van der Waals surface area contributed by atoms with Crippen molar-refractivity contribution in [2.45, 2.75) is 31.9 Å². The third-order valence-corrected chi connectivity index (χ3v) is 6.62. The maximum Gasteiger partial charge on any atom is 0.261 e. The first-order valence-electron chi connectivity index (χ1n) is 11.5. The summed E-state index contributed by atoms with van der Waals surface area (Å²) in [6.07, 6.45) is 2.84. The van der Waals surface area contributed by atoms with Crippen molar-refractivity contribution in [2.75, 3.05) is 34.0 Å². The zero-order valence-electron chi connectivity index (χ0n) is 19.7. The SMILES string of the molecule is COc1cccc(OC)c1C(=O)N(Cc1cccc(OCCc2ccsc2)c1)CC1CCCO1. The van der Waals surface area contributed by atoms with Crippen LogP contribution in [0.2, 0.25) is 0 Å². The van der Waals surface area contributed by atoms with E-state index >= 15 is 0 Å². The van der Waals surface area contributed by atoms with Gasteiger partial charge in [-0.25, -0.2) is 0 Å². The van der Waals surface area contributed by atoms with Crippen LogP contribution in [0.1, 0.15) is 34.3 Å². The summed E-state index contributed by atoms with van der Waals surface area (Å²) in [7, 11) is 3.12. The molecule has 0 radical (unpaired) electrons. The van der Waals surface area contributed by atoms with Gasteiger partial charge in [0.2, 0.25) is 0 Å². The standard InChI is InChI=1S/C27H31NO5S/c1-30-24-9-4-10-25(31-2)26(24)27(29)28(18-23-8-5-13-32-23)17-21-6-3-7-22(16-21)33-14-11-20-12-15-34-19-20/h3-4,6-7,9-10,12,15-16,19,23H,5,8,11,13-14,17-18H2,1-2H3. The van der Waals surface area contributed by atoms with Crippen LogP contribution in [-0.4, -0.2) is 50.9 Å². The number of benzene rings is 2. The van der Waals surface area contributed by atoms with Crippen molar-refractivity contribution in [1.29, 1.82) is 0 Å². The minimum Gasteiger partial charge on any atom is -0.496 e. The van der Waals surface area contributed by atoms with Gasteiger partial charge >= 0.3 is 0 Å². The second-order valence-corrected chi connectivity index (χ2v) is 9.02. The Bertz CT molecular complexity index is 1040. The molecule has 34 heavy (non-hydrogen) atoms. The van der Waals surface area contributed by atoms with Crippen LogP contribution in [-0.2, 0) is 17.7 Å². The minimum atomic E-state index is -0.145. The highest BCUT2D eigenvalue weighted by Gasteiger charge is 2.28. The van der Waals surface area contributed by atoms with Crippen LogP contribution in [0.25, 0.3) is 0 Å². The van der Waals surface area contributed by atoms with Gasteiger partial charge in [0.1, 0.15) is 22.8 Å². The maximum absolute atomic E-state index is 13.8. The molecule has 2 aromatic carbocycles. The maximum atomic E-state index is 13.8. The summed E-state index contributed by atoms with van der Waals surface area (Å²) >= 11 is 1.69. The first kappa shape index (κ1) is 24.1. The predicted molar refractivity (Wildman–Crippen MR) is 133 cm³/mol. The lowest BCUT2D eigenvalue weighted by Crippen LogP contribution is -2.37. The Balaban J connectivity index is 1.52. The van der Waals surface area contributed by atoms with Crippen molar-refractivity contribution in [3.8, 4) is 17.2 Å². The monoisotopic (exact) mass is 481 g/mol. The summed E-state index contributed by atoms with van der Waals surface area (Å²) in [6, 6.07) is 15.4. The zero-order valence-corrected chi connectivity index (χ0v) is 20.5. The Morgan fingerprint density at radius 3 is 2.56 bits per heavy atom. The molecule has 1 unspecified atom stereocenters. The fraction of sp³-hybridized carbons (Fsp3) is 0.370. The Labute approximate surface area is 205 Å². The lowest BCUT2D eigenvalue weighted by molar-refractivity contribution is 0.0502. The molecule has 7 heteroatoms. The Kier molecular flexibility index (Phi) is 8.44. The smallest absolute Gasteiger partial charge is 0.261 e. The highest BCUT2D eigenvalue weighted by Crippen LogP contribution is 2.31. The molecule has 6 nitrogen and oxygen atoms in total. The minimum absolute atomic E-state index is 0.0229. The molecule has 1 saturated heterocycles. The number of rotatable bonds is 11. The van der Waals surface area contributed by atoms with Gasteiger partial charge in [0.05, 0.1) is 26.9 Å². The normalized spacial score (nSPS) is 15.2. The summed E-state index contributed by atoms with van der Waals surface area (Å²) in [6.45, 7) is 2.28. The first-order chi connectivity index (χ1) is 16.7. The molecule has 0 aliphatic carbocycles. The van der Waals surface area contributed by atoms with Gasteiger partial charge in [-0.15, -0.1) is 0 Å². The molecule has 0 saturated carbocycles. The predicted octanol–water partition coefficient (Wildman–Crippen LogP) is 5.21. The molecule has 2 heterocycles. The van der Waals surface area contributed by atoms with Crippen LogP contribution >= 0.6 is 11.3 Å². The first-order valence-corrected chi connectivity index (χ1v) is 12.5. The molecule has 180 valence electrons. The van der Waals surface area contributed by atoms with Crippen LogP contribution in [0.5, 0.6) is 17.2 Å². The third-order valence-electron chi connectivity index (χ3n) is 5.89. The molecule has 1 fully saturated rings. The molecule has 1 atom stereocenters. The van der Waals surface area contributed by atoms with Crippen LogP contribution in [0.15, 0.2) is 59.3 Å². The summed E-state index contributed by atoms with van der Waals surface area (Å²) in [5, 5.41) is 4.22.